The van der Waals surface area contributed by atoms with Gasteiger partial charge in [0.25, 0.3) is 5.56 Å². The van der Waals surface area contributed by atoms with Crippen molar-refractivity contribution in [2.45, 2.75) is 30.4 Å². The average molecular weight is 496 g/mol. The van der Waals surface area contributed by atoms with E-state index in [-0.39, 0.29) is 17.0 Å². The maximum absolute atomic E-state index is 14.0. The fourth-order valence-electron chi connectivity index (χ4n) is 5.49. The molecule has 0 amide bonds. The minimum atomic E-state index is -4.08. The monoisotopic (exact) mass is 495 g/mol. The Labute approximate surface area is 202 Å². The third kappa shape index (κ3) is 3.51. The van der Waals surface area contributed by atoms with Gasteiger partial charge in [0.2, 0.25) is 10.0 Å². The molecule has 0 radical (unpaired) electrons. The Morgan fingerprint density at radius 1 is 1.17 bits per heavy atom. The van der Waals surface area contributed by atoms with E-state index in [0.717, 1.165) is 0 Å². The van der Waals surface area contributed by atoms with Gasteiger partial charge in [0, 0.05) is 54.3 Å². The lowest BCUT2D eigenvalue weighted by atomic mass is 9.87. The minimum absolute atomic E-state index is 0.00258. The van der Waals surface area contributed by atoms with Gasteiger partial charge in [-0.25, -0.2) is 8.42 Å². The number of aliphatic hydroxyl groups excluding tert-OH is 1. The molecule has 0 spiro atoms. The van der Waals surface area contributed by atoms with E-state index in [0.29, 0.717) is 22.4 Å². The Morgan fingerprint density at radius 2 is 1.94 bits per heavy atom. The van der Waals surface area contributed by atoms with Crippen LogP contribution in [-0.4, -0.2) is 53.1 Å². The van der Waals surface area contributed by atoms with Crippen molar-refractivity contribution in [2.75, 3.05) is 13.7 Å². The molecule has 35 heavy (non-hydrogen) atoms. The summed E-state index contributed by atoms with van der Waals surface area (Å²) in [6.07, 6.45) is 3.20. The fraction of sp³-hybridized carbons (Fsp3) is 0.320. The minimum Gasteiger partial charge on any atom is -0.469 e. The number of aromatic nitrogens is 2. The van der Waals surface area contributed by atoms with Crippen LogP contribution >= 0.6 is 0 Å². The summed E-state index contributed by atoms with van der Waals surface area (Å²) in [5.41, 5.74) is 1.71. The van der Waals surface area contributed by atoms with Crippen molar-refractivity contribution < 1.29 is 23.1 Å². The van der Waals surface area contributed by atoms with Crippen LogP contribution in [0.1, 0.15) is 17.3 Å². The van der Waals surface area contributed by atoms with E-state index in [1.54, 1.807) is 61.8 Å². The van der Waals surface area contributed by atoms with E-state index in [1.165, 1.54) is 22.0 Å². The Balaban J connectivity index is 1.73. The Morgan fingerprint density at radius 3 is 2.60 bits per heavy atom. The molecule has 4 atom stereocenters. The highest BCUT2D eigenvalue weighted by atomic mass is 32.2. The molecule has 0 saturated carbocycles. The molecule has 0 aliphatic carbocycles. The Bertz CT molecular complexity index is 1450. The Kier molecular flexibility index (Phi) is 5.82. The summed E-state index contributed by atoms with van der Waals surface area (Å²) in [7, 11) is -2.84. The predicted molar refractivity (Wildman–Crippen MR) is 127 cm³/mol. The molecule has 1 saturated heterocycles. The number of pyridine rings is 2. The SMILES string of the molecule is COC(=O)[C@H]1[C@H](CO)[C@H]2Cn3c(ccc(-c4cccnc4)c3=O)[C@@H]1N2S(=O)(=O)c1ccccc1C. The van der Waals surface area contributed by atoms with Crippen molar-refractivity contribution in [1.29, 1.82) is 0 Å². The molecule has 9 nitrogen and oxygen atoms in total. The molecular formula is C25H25N3O6S. The summed E-state index contributed by atoms with van der Waals surface area (Å²) in [5.74, 6) is -2.34. The van der Waals surface area contributed by atoms with Gasteiger partial charge in [-0.2, -0.15) is 4.31 Å². The third-order valence-corrected chi connectivity index (χ3v) is 9.15. The number of carbonyl (C=O) groups is 1. The van der Waals surface area contributed by atoms with Crippen LogP contribution in [0.15, 0.2) is 70.6 Å². The summed E-state index contributed by atoms with van der Waals surface area (Å²) < 4.78 is 35.8. The van der Waals surface area contributed by atoms with Gasteiger partial charge < -0.3 is 14.4 Å². The smallest absolute Gasteiger partial charge is 0.311 e. The van der Waals surface area contributed by atoms with Crippen molar-refractivity contribution in [1.82, 2.24) is 13.9 Å². The molecule has 2 aromatic heterocycles. The normalized spacial score (nSPS) is 23.6. The summed E-state index contributed by atoms with van der Waals surface area (Å²) in [4.78, 5) is 30.7. The van der Waals surface area contributed by atoms with Gasteiger partial charge in [0.1, 0.15) is 0 Å². The summed E-state index contributed by atoms with van der Waals surface area (Å²) in [6.45, 7) is 1.28. The number of aliphatic hydroxyl groups is 1. The number of hydrogen-bond donors (Lipinski definition) is 1. The number of hydrogen-bond acceptors (Lipinski definition) is 7. The van der Waals surface area contributed by atoms with Crippen LogP contribution in [0, 0.1) is 18.8 Å². The molecule has 2 aliphatic heterocycles. The van der Waals surface area contributed by atoms with Crippen molar-refractivity contribution in [2.24, 2.45) is 11.8 Å². The summed E-state index contributed by atoms with van der Waals surface area (Å²) in [6, 6.07) is 11.6. The van der Waals surface area contributed by atoms with Crippen LogP contribution in [0.25, 0.3) is 11.1 Å². The fourth-order valence-corrected chi connectivity index (χ4v) is 7.56. The van der Waals surface area contributed by atoms with Gasteiger partial charge in [-0.1, -0.05) is 24.3 Å². The third-order valence-electron chi connectivity index (χ3n) is 7.08. The van der Waals surface area contributed by atoms with E-state index < -0.39 is 46.5 Å². The lowest BCUT2D eigenvalue weighted by molar-refractivity contribution is -0.148. The lowest BCUT2D eigenvalue weighted by Crippen LogP contribution is -2.49. The lowest BCUT2D eigenvalue weighted by Gasteiger charge is -2.37. The maximum Gasteiger partial charge on any atom is 0.311 e. The number of aryl methyl sites for hydroxylation is 1. The van der Waals surface area contributed by atoms with Gasteiger partial charge in [-0.05, 0) is 36.8 Å². The van der Waals surface area contributed by atoms with Crippen molar-refractivity contribution in [3.63, 3.8) is 0 Å². The number of ether oxygens (including phenoxy) is 1. The number of nitrogens with zero attached hydrogens (tertiary/aromatic N) is 3. The average Bonchev–Trinajstić information content (AvgIpc) is 3.12. The molecule has 1 N–H and O–H groups in total. The number of benzene rings is 1. The quantitative estimate of drug-likeness (QED) is 0.536. The largest absolute Gasteiger partial charge is 0.469 e. The molecule has 1 aromatic carbocycles. The molecule has 0 unspecified atom stereocenters. The van der Waals surface area contributed by atoms with Crippen LogP contribution in [0.4, 0.5) is 0 Å². The standard InChI is InChI=1S/C25H25N3O6S/c1-15-6-3-4-8-21(15)35(32,33)28-20-13-27-19(23(28)22(18(20)14-29)25(31)34-2)10-9-17(24(27)30)16-7-5-11-26-12-16/h3-12,18,20,22-23,29H,13-14H2,1-2H3/t18-,20-,22+,23+/m1/s1. The van der Waals surface area contributed by atoms with E-state index in [2.05, 4.69) is 4.98 Å². The summed E-state index contributed by atoms with van der Waals surface area (Å²) in [5, 5.41) is 10.3. The highest BCUT2D eigenvalue weighted by Crippen LogP contribution is 2.51. The molecule has 2 bridgehead atoms. The van der Waals surface area contributed by atoms with E-state index in [9.17, 15) is 23.1 Å². The number of carbonyl (C=O) groups excluding carboxylic acids is 1. The molecule has 5 rings (SSSR count). The van der Waals surface area contributed by atoms with Gasteiger partial charge in [-0.15, -0.1) is 0 Å². The van der Waals surface area contributed by atoms with Crippen LogP contribution in [0.3, 0.4) is 0 Å². The first-order chi connectivity index (χ1) is 16.8. The van der Waals surface area contributed by atoms with Crippen LogP contribution < -0.4 is 5.56 Å². The van der Waals surface area contributed by atoms with Gasteiger partial charge >= 0.3 is 5.97 Å². The van der Waals surface area contributed by atoms with Crippen molar-refractivity contribution in [3.8, 4) is 11.1 Å². The highest BCUT2D eigenvalue weighted by Gasteiger charge is 2.60. The number of sulfonamides is 1. The first kappa shape index (κ1) is 23.4. The second-order valence-corrected chi connectivity index (χ2v) is 10.6. The first-order valence-corrected chi connectivity index (χ1v) is 12.7. The molecule has 1 fully saturated rings. The second-order valence-electron chi connectivity index (χ2n) is 8.84. The van der Waals surface area contributed by atoms with Gasteiger partial charge in [0.15, 0.2) is 0 Å². The number of esters is 1. The van der Waals surface area contributed by atoms with E-state index in [4.69, 9.17) is 4.74 Å². The van der Waals surface area contributed by atoms with Crippen molar-refractivity contribution >= 4 is 16.0 Å². The molecule has 3 aromatic rings. The number of methoxy groups -OCH3 is 1. The molecule has 2 aliphatic rings. The van der Waals surface area contributed by atoms with Crippen LogP contribution in [0.5, 0.6) is 0 Å². The zero-order chi connectivity index (χ0) is 24.9. The maximum atomic E-state index is 14.0. The number of fused-ring (bicyclic) bond motifs is 4. The predicted octanol–water partition coefficient (Wildman–Crippen LogP) is 1.74. The van der Waals surface area contributed by atoms with Crippen molar-refractivity contribution in [3.05, 3.63) is 82.5 Å². The topological polar surface area (TPSA) is 119 Å². The molecule has 4 heterocycles. The zero-order valence-corrected chi connectivity index (χ0v) is 20.1. The van der Waals surface area contributed by atoms with Crippen LogP contribution in [-0.2, 0) is 26.1 Å². The van der Waals surface area contributed by atoms with Gasteiger partial charge in [-0.3, -0.25) is 14.6 Å². The van der Waals surface area contributed by atoms with E-state index >= 15 is 0 Å². The molecule has 10 heteroatoms. The van der Waals surface area contributed by atoms with Crippen LogP contribution in [0.2, 0.25) is 0 Å². The number of rotatable bonds is 5. The molecule has 182 valence electrons. The molecular weight excluding hydrogens is 470 g/mol. The van der Waals surface area contributed by atoms with E-state index in [1.807, 2.05) is 0 Å². The second kappa shape index (κ2) is 8.71. The zero-order valence-electron chi connectivity index (χ0n) is 19.2. The van der Waals surface area contributed by atoms with Gasteiger partial charge in [0.05, 0.1) is 24.0 Å². The first-order valence-electron chi connectivity index (χ1n) is 11.2. The Hall–Kier alpha value is -3.34. The summed E-state index contributed by atoms with van der Waals surface area (Å²) >= 11 is 0. The highest BCUT2D eigenvalue weighted by molar-refractivity contribution is 7.89.